The largest absolute Gasteiger partial charge is 0.477 e. The number of hydrogen-bond acceptors (Lipinski definition) is 3. The summed E-state index contributed by atoms with van der Waals surface area (Å²) in [5.41, 5.74) is 2.06. The van der Waals surface area contributed by atoms with Gasteiger partial charge in [-0.1, -0.05) is 30.3 Å². The summed E-state index contributed by atoms with van der Waals surface area (Å²) < 4.78 is 6.39. The second kappa shape index (κ2) is 5.54. The maximum Gasteiger partial charge on any atom is 0.162 e. The van der Waals surface area contributed by atoms with Gasteiger partial charge in [0.2, 0.25) is 0 Å². The van der Waals surface area contributed by atoms with Crippen LogP contribution >= 0.6 is 0 Å². The molecule has 2 bridgehead atoms. The molecule has 2 aliphatic carbocycles. The predicted molar refractivity (Wildman–Crippen MR) is 84.9 cm³/mol. The minimum Gasteiger partial charge on any atom is -0.477 e. The van der Waals surface area contributed by atoms with Crippen LogP contribution in [0.1, 0.15) is 50.5 Å². The number of fused-ring (bicyclic) bond motifs is 3. The Morgan fingerprint density at radius 1 is 1.18 bits per heavy atom. The highest BCUT2D eigenvalue weighted by Gasteiger charge is 2.46. The Hall–Kier alpha value is -1.61. The fraction of sp³-hybridized carbons (Fsp3) is 0.526. The lowest BCUT2D eigenvalue weighted by Gasteiger charge is -2.48. The third kappa shape index (κ3) is 2.48. The maximum absolute atomic E-state index is 12.3. The third-order valence-electron chi connectivity index (χ3n) is 5.30. The zero-order valence-electron chi connectivity index (χ0n) is 12.9. The lowest BCUT2D eigenvalue weighted by Crippen LogP contribution is -2.54. The number of carbonyl (C=O) groups is 1. The molecule has 1 aromatic rings. The van der Waals surface area contributed by atoms with Crippen LogP contribution in [-0.4, -0.2) is 11.5 Å². The molecule has 116 valence electrons. The van der Waals surface area contributed by atoms with Crippen molar-refractivity contribution in [3.8, 4) is 0 Å². The summed E-state index contributed by atoms with van der Waals surface area (Å²) in [6.45, 7) is 0.824. The van der Waals surface area contributed by atoms with E-state index < -0.39 is 0 Å². The highest BCUT2D eigenvalue weighted by atomic mass is 16.5. The van der Waals surface area contributed by atoms with Crippen LogP contribution in [0.25, 0.3) is 0 Å². The van der Waals surface area contributed by atoms with Crippen molar-refractivity contribution in [2.75, 3.05) is 0 Å². The number of ether oxygens (including phenoxy) is 1. The molecule has 1 N–H and O–H groups in total. The van der Waals surface area contributed by atoms with Crippen molar-refractivity contribution >= 4 is 5.78 Å². The number of hydrogen-bond donors (Lipinski definition) is 1. The van der Waals surface area contributed by atoms with E-state index in [9.17, 15) is 4.79 Å². The fourth-order valence-corrected chi connectivity index (χ4v) is 4.26. The van der Waals surface area contributed by atoms with E-state index >= 15 is 0 Å². The van der Waals surface area contributed by atoms with E-state index in [0.29, 0.717) is 18.1 Å². The summed E-state index contributed by atoms with van der Waals surface area (Å²) in [5, 5.41) is 3.66. The van der Waals surface area contributed by atoms with E-state index in [2.05, 4.69) is 29.6 Å². The van der Waals surface area contributed by atoms with Crippen LogP contribution in [0.4, 0.5) is 0 Å². The van der Waals surface area contributed by atoms with Gasteiger partial charge in [-0.15, -0.1) is 0 Å². The topological polar surface area (TPSA) is 38.3 Å². The molecule has 0 unspecified atom stereocenters. The van der Waals surface area contributed by atoms with Gasteiger partial charge in [0, 0.05) is 37.8 Å². The molecule has 1 fully saturated rings. The molecule has 3 heteroatoms. The first-order chi connectivity index (χ1) is 10.8. The van der Waals surface area contributed by atoms with Gasteiger partial charge in [-0.3, -0.25) is 10.1 Å². The highest BCUT2D eigenvalue weighted by molar-refractivity contribution is 5.97. The Labute approximate surface area is 131 Å². The Kier molecular flexibility index (Phi) is 3.53. The van der Waals surface area contributed by atoms with Gasteiger partial charge in [0.05, 0.1) is 0 Å². The molecule has 0 amide bonds. The van der Waals surface area contributed by atoms with Crippen LogP contribution < -0.4 is 5.32 Å². The van der Waals surface area contributed by atoms with Gasteiger partial charge < -0.3 is 4.74 Å². The van der Waals surface area contributed by atoms with E-state index in [4.69, 9.17) is 4.74 Å². The molecule has 22 heavy (non-hydrogen) atoms. The van der Waals surface area contributed by atoms with E-state index in [0.717, 1.165) is 56.4 Å². The average molecular weight is 297 g/mol. The van der Waals surface area contributed by atoms with E-state index in [-0.39, 0.29) is 5.72 Å². The number of Topliss-reactive ketones (excluding diaryl/α,β-unsaturated/α-hetero) is 1. The standard InChI is InChI=1S/C19H23NO2/c21-16-9-4-10-17-18(16)15-8-5-11-19(12-15,22-17)20-13-14-6-2-1-3-7-14/h1-3,6-7,15,20H,4-5,8-13H2/t15-,19-/m1/s1. The second-order valence-electron chi connectivity index (χ2n) is 6.84. The third-order valence-corrected chi connectivity index (χ3v) is 5.30. The van der Waals surface area contributed by atoms with E-state index in [1.807, 2.05) is 6.07 Å². The highest BCUT2D eigenvalue weighted by Crippen LogP contribution is 2.47. The number of rotatable bonds is 3. The van der Waals surface area contributed by atoms with Crippen LogP contribution in [0, 0.1) is 5.92 Å². The quantitative estimate of drug-likeness (QED) is 0.924. The minimum atomic E-state index is -0.255. The lowest BCUT2D eigenvalue weighted by molar-refractivity contribution is -0.124. The maximum atomic E-state index is 12.3. The number of benzene rings is 1. The molecule has 0 radical (unpaired) electrons. The predicted octanol–water partition coefficient (Wildman–Crippen LogP) is 3.70. The van der Waals surface area contributed by atoms with Crippen LogP contribution in [0.5, 0.6) is 0 Å². The van der Waals surface area contributed by atoms with Gasteiger partial charge in [0.1, 0.15) is 5.76 Å². The van der Waals surface area contributed by atoms with Gasteiger partial charge in [-0.25, -0.2) is 0 Å². The Balaban J connectivity index is 1.56. The summed E-state index contributed by atoms with van der Waals surface area (Å²) in [6.07, 6.45) is 6.86. The number of allylic oxidation sites excluding steroid dienone is 2. The van der Waals surface area contributed by atoms with E-state index in [1.54, 1.807) is 0 Å². The summed E-state index contributed by atoms with van der Waals surface area (Å²) in [5.74, 6) is 1.74. The first kappa shape index (κ1) is 14.0. The van der Waals surface area contributed by atoms with Crippen molar-refractivity contribution in [2.24, 2.45) is 5.92 Å². The number of carbonyl (C=O) groups excluding carboxylic acids is 1. The molecule has 0 saturated heterocycles. The smallest absolute Gasteiger partial charge is 0.162 e. The fourth-order valence-electron chi connectivity index (χ4n) is 4.26. The monoisotopic (exact) mass is 297 g/mol. The molecule has 0 spiro atoms. The molecule has 3 aliphatic rings. The molecular formula is C19H23NO2. The first-order valence-electron chi connectivity index (χ1n) is 8.50. The second-order valence-corrected chi connectivity index (χ2v) is 6.84. The zero-order valence-corrected chi connectivity index (χ0v) is 12.9. The molecule has 0 aromatic heterocycles. The molecule has 3 nitrogen and oxygen atoms in total. The van der Waals surface area contributed by atoms with Crippen LogP contribution in [-0.2, 0) is 16.1 Å². The normalized spacial score (nSPS) is 30.7. The van der Waals surface area contributed by atoms with Crippen molar-refractivity contribution in [3.63, 3.8) is 0 Å². The Morgan fingerprint density at radius 2 is 2.05 bits per heavy atom. The SMILES string of the molecule is O=C1CCCC2=C1[C@@H]1CCC[C@](NCc3ccccc3)(C1)O2. The van der Waals surface area contributed by atoms with Gasteiger partial charge in [-0.05, 0) is 30.7 Å². The Morgan fingerprint density at radius 3 is 2.91 bits per heavy atom. The summed E-state index contributed by atoms with van der Waals surface area (Å²) in [7, 11) is 0. The molecule has 1 saturated carbocycles. The minimum absolute atomic E-state index is 0.255. The molecular weight excluding hydrogens is 274 g/mol. The Bertz CT molecular complexity index is 607. The number of nitrogens with one attached hydrogen (secondary N) is 1. The number of ketones is 1. The summed E-state index contributed by atoms with van der Waals surface area (Å²) >= 11 is 0. The molecule has 1 aliphatic heterocycles. The molecule has 4 rings (SSSR count). The van der Waals surface area contributed by atoms with Crippen molar-refractivity contribution in [3.05, 3.63) is 47.2 Å². The van der Waals surface area contributed by atoms with Gasteiger partial charge in [-0.2, -0.15) is 0 Å². The van der Waals surface area contributed by atoms with Crippen LogP contribution in [0.15, 0.2) is 41.7 Å². The molecule has 2 atom stereocenters. The zero-order chi connectivity index (χ0) is 15.0. The molecule has 1 aromatic carbocycles. The summed E-state index contributed by atoms with van der Waals surface area (Å²) in [4.78, 5) is 12.3. The van der Waals surface area contributed by atoms with E-state index in [1.165, 1.54) is 5.56 Å². The van der Waals surface area contributed by atoms with Gasteiger partial charge in [0.25, 0.3) is 0 Å². The van der Waals surface area contributed by atoms with Crippen molar-refractivity contribution in [1.82, 2.24) is 5.32 Å². The van der Waals surface area contributed by atoms with Crippen LogP contribution in [0.3, 0.4) is 0 Å². The first-order valence-corrected chi connectivity index (χ1v) is 8.50. The summed E-state index contributed by atoms with van der Waals surface area (Å²) in [6, 6.07) is 10.5. The van der Waals surface area contributed by atoms with Crippen LogP contribution in [0.2, 0.25) is 0 Å². The lowest BCUT2D eigenvalue weighted by atomic mass is 9.73. The van der Waals surface area contributed by atoms with Crippen molar-refractivity contribution < 1.29 is 9.53 Å². The molecule has 1 heterocycles. The van der Waals surface area contributed by atoms with Crippen molar-refractivity contribution in [1.29, 1.82) is 0 Å². The van der Waals surface area contributed by atoms with Gasteiger partial charge in [0.15, 0.2) is 11.5 Å². The van der Waals surface area contributed by atoms with Gasteiger partial charge >= 0.3 is 0 Å². The van der Waals surface area contributed by atoms with Crippen molar-refractivity contribution in [2.45, 2.75) is 57.2 Å². The average Bonchev–Trinajstić information content (AvgIpc) is 2.54.